The van der Waals surface area contributed by atoms with Gasteiger partial charge >= 0.3 is 0 Å². The van der Waals surface area contributed by atoms with Gasteiger partial charge in [0.15, 0.2) is 0 Å². The average Bonchev–Trinajstić information content (AvgIpc) is 2.16. The molecular weight excluding hydrogens is 202 g/mol. The number of likely N-dealkylation sites (N-methyl/N-ethyl adjacent to an activating group) is 1. The van der Waals surface area contributed by atoms with Crippen LogP contribution in [-0.4, -0.2) is 31.0 Å². The highest BCUT2D eigenvalue weighted by Gasteiger charge is 2.25. The van der Waals surface area contributed by atoms with Crippen molar-refractivity contribution in [3.05, 3.63) is 12.2 Å². The van der Waals surface area contributed by atoms with Crippen LogP contribution in [-0.2, 0) is 9.53 Å². The molecule has 0 aromatic rings. The number of amides is 1. The van der Waals surface area contributed by atoms with Gasteiger partial charge in [0.1, 0.15) is 6.61 Å². The summed E-state index contributed by atoms with van der Waals surface area (Å²) >= 11 is 6.09. The molecule has 1 amide bonds. The Morgan fingerprint density at radius 1 is 1.79 bits per heavy atom. The van der Waals surface area contributed by atoms with E-state index in [-0.39, 0.29) is 24.0 Å². The second-order valence-corrected chi connectivity index (χ2v) is 4.09. The first-order valence-corrected chi connectivity index (χ1v) is 5.20. The first-order valence-electron chi connectivity index (χ1n) is 4.76. The summed E-state index contributed by atoms with van der Waals surface area (Å²) in [5.41, 5.74) is 1.17. The van der Waals surface area contributed by atoms with E-state index in [1.807, 2.05) is 0 Å². The summed E-state index contributed by atoms with van der Waals surface area (Å²) in [6.07, 6.45) is 2.59. The fourth-order valence-electron chi connectivity index (χ4n) is 1.48. The van der Waals surface area contributed by atoms with Crippen LogP contribution in [0.5, 0.6) is 0 Å². The zero-order valence-electron chi connectivity index (χ0n) is 8.38. The predicted octanol–water partition coefficient (Wildman–Crippen LogP) is 1.47. The van der Waals surface area contributed by atoms with E-state index < -0.39 is 0 Å². The molecule has 0 radical (unpaired) electrons. The Morgan fingerprint density at radius 3 is 3.07 bits per heavy atom. The maximum absolute atomic E-state index is 10.9. The van der Waals surface area contributed by atoms with Gasteiger partial charge in [-0.05, 0) is 19.3 Å². The number of alkyl halides is 1. The zero-order chi connectivity index (χ0) is 10.6. The monoisotopic (exact) mass is 217 g/mol. The smallest absolute Gasteiger partial charge is 0.245 e. The van der Waals surface area contributed by atoms with Gasteiger partial charge < -0.3 is 10.1 Å². The Hall–Kier alpha value is -0.540. The number of hydrogen-bond acceptors (Lipinski definition) is 2. The molecule has 1 aliphatic carbocycles. The molecule has 1 fully saturated rings. The minimum Gasteiger partial charge on any atom is -0.367 e. The van der Waals surface area contributed by atoms with Crippen molar-refractivity contribution >= 4 is 17.5 Å². The van der Waals surface area contributed by atoms with E-state index >= 15 is 0 Å². The molecule has 0 heterocycles. The Morgan fingerprint density at radius 2 is 2.50 bits per heavy atom. The second kappa shape index (κ2) is 5.37. The van der Waals surface area contributed by atoms with Gasteiger partial charge in [-0.1, -0.05) is 12.2 Å². The fourth-order valence-corrected chi connectivity index (χ4v) is 1.90. The van der Waals surface area contributed by atoms with Crippen LogP contribution in [0.1, 0.15) is 19.3 Å². The van der Waals surface area contributed by atoms with E-state index in [9.17, 15) is 4.79 Å². The Bertz CT molecular complexity index is 230. The van der Waals surface area contributed by atoms with E-state index in [4.69, 9.17) is 16.3 Å². The highest BCUT2D eigenvalue weighted by Crippen LogP contribution is 2.28. The lowest BCUT2D eigenvalue weighted by Crippen LogP contribution is -2.33. The number of carbonyl (C=O) groups is 1. The van der Waals surface area contributed by atoms with Gasteiger partial charge in [0.2, 0.25) is 5.91 Å². The van der Waals surface area contributed by atoms with Gasteiger partial charge in [0, 0.05) is 7.05 Å². The van der Waals surface area contributed by atoms with Crippen molar-refractivity contribution in [2.24, 2.45) is 0 Å². The Balaban J connectivity index is 2.30. The molecule has 0 saturated heterocycles. The highest BCUT2D eigenvalue weighted by atomic mass is 35.5. The first kappa shape index (κ1) is 11.5. The predicted molar refractivity (Wildman–Crippen MR) is 56.4 cm³/mol. The maximum Gasteiger partial charge on any atom is 0.245 e. The number of nitrogens with one attached hydrogen (secondary N) is 1. The van der Waals surface area contributed by atoms with Gasteiger partial charge in [-0.15, -0.1) is 11.6 Å². The van der Waals surface area contributed by atoms with Crippen molar-refractivity contribution in [3.8, 4) is 0 Å². The molecule has 4 heteroatoms. The molecule has 0 bridgehead atoms. The third-order valence-electron chi connectivity index (χ3n) is 2.38. The summed E-state index contributed by atoms with van der Waals surface area (Å²) in [7, 11) is 1.59. The molecule has 0 aromatic heterocycles. The third kappa shape index (κ3) is 3.31. The van der Waals surface area contributed by atoms with Crippen LogP contribution in [0.25, 0.3) is 0 Å². The summed E-state index contributed by atoms with van der Waals surface area (Å²) in [5.74, 6) is -0.113. The molecule has 1 saturated carbocycles. The summed E-state index contributed by atoms with van der Waals surface area (Å²) in [6, 6.07) is 0. The number of hydrogen-bond donors (Lipinski definition) is 1. The van der Waals surface area contributed by atoms with E-state index in [1.165, 1.54) is 5.57 Å². The highest BCUT2D eigenvalue weighted by molar-refractivity contribution is 6.21. The van der Waals surface area contributed by atoms with Crippen molar-refractivity contribution in [1.82, 2.24) is 5.32 Å². The quantitative estimate of drug-likeness (QED) is 0.574. The molecule has 14 heavy (non-hydrogen) atoms. The molecule has 2 atom stereocenters. The van der Waals surface area contributed by atoms with E-state index in [2.05, 4.69) is 11.9 Å². The largest absolute Gasteiger partial charge is 0.367 e. The van der Waals surface area contributed by atoms with Crippen LogP contribution in [0.3, 0.4) is 0 Å². The number of ether oxygens (including phenoxy) is 1. The van der Waals surface area contributed by atoms with Gasteiger partial charge in [-0.2, -0.15) is 0 Å². The normalized spacial score (nSPS) is 27.4. The minimum atomic E-state index is -0.113. The number of carbonyl (C=O) groups excluding carboxylic acids is 1. The molecule has 0 spiro atoms. The summed E-state index contributed by atoms with van der Waals surface area (Å²) in [5, 5.41) is 2.46. The van der Waals surface area contributed by atoms with Gasteiger partial charge in [-0.3, -0.25) is 4.79 Å². The molecule has 1 rings (SSSR count). The molecule has 3 nitrogen and oxygen atoms in total. The lowest BCUT2D eigenvalue weighted by molar-refractivity contribution is -0.127. The van der Waals surface area contributed by atoms with Crippen LogP contribution >= 0.6 is 11.6 Å². The van der Waals surface area contributed by atoms with Crippen molar-refractivity contribution in [1.29, 1.82) is 0 Å². The standard InChI is InChI=1S/C10H16ClNO2/c1-7-3-4-9(8(11)5-7)14-6-10(13)12-2/h8-9H,1,3-6H2,2H3,(H,12,13). The van der Waals surface area contributed by atoms with Crippen molar-refractivity contribution in [2.45, 2.75) is 30.7 Å². The minimum absolute atomic E-state index is 0.0144. The molecule has 1 N–H and O–H groups in total. The van der Waals surface area contributed by atoms with Gasteiger partial charge in [-0.25, -0.2) is 0 Å². The van der Waals surface area contributed by atoms with Gasteiger partial charge in [0.25, 0.3) is 0 Å². The number of rotatable bonds is 3. The van der Waals surface area contributed by atoms with Crippen LogP contribution in [0.2, 0.25) is 0 Å². The maximum atomic E-state index is 10.9. The van der Waals surface area contributed by atoms with Crippen LogP contribution in [0.15, 0.2) is 12.2 Å². The van der Waals surface area contributed by atoms with E-state index in [0.29, 0.717) is 0 Å². The van der Waals surface area contributed by atoms with Gasteiger partial charge in [0.05, 0.1) is 11.5 Å². The first-order chi connectivity index (χ1) is 6.63. The Kier molecular flexibility index (Phi) is 4.42. The van der Waals surface area contributed by atoms with Crippen LogP contribution in [0.4, 0.5) is 0 Å². The Labute approximate surface area is 89.5 Å². The molecule has 0 aromatic carbocycles. The SMILES string of the molecule is C=C1CCC(OCC(=O)NC)C(Cl)C1. The summed E-state index contributed by atoms with van der Waals surface area (Å²) in [6.45, 7) is 3.99. The van der Waals surface area contributed by atoms with Crippen molar-refractivity contribution < 1.29 is 9.53 Å². The van der Waals surface area contributed by atoms with Crippen molar-refractivity contribution in [2.75, 3.05) is 13.7 Å². The third-order valence-corrected chi connectivity index (χ3v) is 2.81. The topological polar surface area (TPSA) is 38.3 Å². The molecular formula is C10H16ClNO2. The van der Waals surface area contributed by atoms with E-state index in [0.717, 1.165) is 19.3 Å². The molecule has 80 valence electrons. The van der Waals surface area contributed by atoms with Crippen LogP contribution < -0.4 is 5.32 Å². The number of halogens is 1. The zero-order valence-corrected chi connectivity index (χ0v) is 9.14. The van der Waals surface area contributed by atoms with Crippen LogP contribution in [0, 0.1) is 0 Å². The fraction of sp³-hybridized carbons (Fsp3) is 0.700. The summed E-state index contributed by atoms with van der Waals surface area (Å²) in [4.78, 5) is 10.9. The second-order valence-electron chi connectivity index (χ2n) is 3.53. The average molecular weight is 218 g/mol. The lowest BCUT2D eigenvalue weighted by Gasteiger charge is -2.28. The van der Waals surface area contributed by atoms with Crippen molar-refractivity contribution in [3.63, 3.8) is 0 Å². The van der Waals surface area contributed by atoms with E-state index in [1.54, 1.807) is 7.05 Å². The molecule has 0 aliphatic heterocycles. The lowest BCUT2D eigenvalue weighted by atomic mass is 9.93. The molecule has 1 aliphatic rings. The summed E-state index contributed by atoms with van der Waals surface area (Å²) < 4.78 is 5.41. The molecule has 2 unspecified atom stereocenters. The number of allylic oxidation sites excluding steroid dienone is 1.